The van der Waals surface area contributed by atoms with Crippen molar-refractivity contribution < 1.29 is 4.74 Å². The third-order valence-corrected chi connectivity index (χ3v) is 1.69. The maximum absolute atomic E-state index is 5.23. The molecule has 1 aliphatic rings. The minimum absolute atomic E-state index is 0.537. The van der Waals surface area contributed by atoms with E-state index in [1.165, 1.54) is 12.8 Å². The van der Waals surface area contributed by atoms with Gasteiger partial charge in [0.15, 0.2) is 0 Å². The third kappa shape index (κ3) is 2.19. The summed E-state index contributed by atoms with van der Waals surface area (Å²) < 4.78 is 5.23. The van der Waals surface area contributed by atoms with Crippen molar-refractivity contribution >= 4 is 0 Å². The van der Waals surface area contributed by atoms with Crippen molar-refractivity contribution in [3.63, 3.8) is 0 Å². The summed E-state index contributed by atoms with van der Waals surface area (Å²) in [5.41, 5.74) is 0. The van der Waals surface area contributed by atoms with Crippen LogP contribution in [0.2, 0.25) is 0 Å². The lowest BCUT2D eigenvalue weighted by Crippen LogP contribution is -1.86. The molecule has 0 aromatic heterocycles. The largest absolute Gasteiger partial charge is 0.370 e. The molecule has 1 aliphatic heterocycles. The zero-order chi connectivity index (χ0) is 6.69. The van der Waals surface area contributed by atoms with Gasteiger partial charge in [-0.1, -0.05) is 12.2 Å². The van der Waals surface area contributed by atoms with Crippen LogP contribution in [0.1, 0.15) is 26.7 Å². The number of hydrogen-bond acceptors (Lipinski definition) is 1. The fourth-order valence-corrected chi connectivity index (χ4v) is 0.960. The van der Waals surface area contributed by atoms with Crippen molar-refractivity contribution in [2.24, 2.45) is 0 Å². The van der Waals surface area contributed by atoms with E-state index >= 15 is 0 Å². The Labute approximate surface area is 56.7 Å². The van der Waals surface area contributed by atoms with E-state index in [1.807, 2.05) is 0 Å². The highest BCUT2D eigenvalue weighted by Gasteiger charge is 2.32. The number of rotatable bonds is 3. The highest BCUT2D eigenvalue weighted by molar-refractivity contribution is 4.85. The summed E-state index contributed by atoms with van der Waals surface area (Å²) in [4.78, 5) is 0. The SMILES string of the molecule is CC=CCCC1OC1C. The van der Waals surface area contributed by atoms with Crippen molar-refractivity contribution in [2.45, 2.75) is 38.9 Å². The Hall–Kier alpha value is -0.300. The molecule has 1 heterocycles. The Kier molecular flexibility index (Phi) is 2.29. The second-order valence-electron chi connectivity index (χ2n) is 2.53. The van der Waals surface area contributed by atoms with Crippen LogP contribution in [0, 0.1) is 0 Å². The first-order valence-corrected chi connectivity index (χ1v) is 3.61. The van der Waals surface area contributed by atoms with Crippen molar-refractivity contribution in [1.29, 1.82) is 0 Å². The molecule has 0 aromatic carbocycles. The second kappa shape index (κ2) is 3.02. The molecule has 0 spiro atoms. The maximum atomic E-state index is 5.23. The average molecular weight is 126 g/mol. The van der Waals surface area contributed by atoms with Crippen LogP contribution >= 0.6 is 0 Å². The van der Waals surface area contributed by atoms with Crippen LogP contribution in [-0.4, -0.2) is 12.2 Å². The molecule has 0 bridgehead atoms. The molecule has 0 aliphatic carbocycles. The number of allylic oxidation sites excluding steroid dienone is 2. The monoisotopic (exact) mass is 126 g/mol. The summed E-state index contributed by atoms with van der Waals surface area (Å²) in [6.45, 7) is 4.18. The fourth-order valence-electron chi connectivity index (χ4n) is 0.960. The molecule has 0 radical (unpaired) electrons. The molecule has 9 heavy (non-hydrogen) atoms. The quantitative estimate of drug-likeness (QED) is 0.417. The molecule has 1 saturated heterocycles. The zero-order valence-corrected chi connectivity index (χ0v) is 6.13. The van der Waals surface area contributed by atoms with Crippen LogP contribution < -0.4 is 0 Å². The van der Waals surface area contributed by atoms with Crippen LogP contribution in [0.3, 0.4) is 0 Å². The normalized spacial score (nSPS) is 33.6. The molecule has 1 nitrogen and oxygen atoms in total. The van der Waals surface area contributed by atoms with Crippen LogP contribution in [0.15, 0.2) is 12.2 Å². The Morgan fingerprint density at radius 2 is 2.22 bits per heavy atom. The van der Waals surface area contributed by atoms with Gasteiger partial charge >= 0.3 is 0 Å². The van der Waals surface area contributed by atoms with Crippen LogP contribution in [-0.2, 0) is 4.74 Å². The Bertz CT molecular complexity index is 107. The fraction of sp³-hybridized carbons (Fsp3) is 0.750. The molecule has 0 aromatic rings. The standard InChI is InChI=1S/C8H14O/c1-3-4-5-6-8-7(2)9-8/h3-4,7-8H,5-6H2,1-2H3. The second-order valence-corrected chi connectivity index (χ2v) is 2.53. The molecule has 1 rings (SSSR count). The molecule has 2 unspecified atom stereocenters. The van der Waals surface area contributed by atoms with Gasteiger partial charge in [-0.15, -0.1) is 0 Å². The molecule has 0 amide bonds. The lowest BCUT2D eigenvalue weighted by molar-refractivity contribution is 0.371. The Balaban J connectivity index is 1.94. The first kappa shape index (κ1) is 6.81. The summed E-state index contributed by atoms with van der Waals surface area (Å²) in [6.07, 6.45) is 7.76. The zero-order valence-electron chi connectivity index (χ0n) is 6.13. The maximum Gasteiger partial charge on any atom is 0.0842 e. The lowest BCUT2D eigenvalue weighted by Gasteiger charge is -1.85. The number of epoxide rings is 1. The average Bonchev–Trinajstić information content (AvgIpc) is 2.48. The van der Waals surface area contributed by atoms with Gasteiger partial charge in [0.05, 0.1) is 12.2 Å². The molecule has 0 N–H and O–H groups in total. The summed E-state index contributed by atoms with van der Waals surface area (Å²) in [6, 6.07) is 0. The number of ether oxygens (including phenoxy) is 1. The van der Waals surface area contributed by atoms with E-state index in [1.54, 1.807) is 0 Å². The van der Waals surface area contributed by atoms with E-state index in [4.69, 9.17) is 4.74 Å². The predicted molar refractivity (Wildman–Crippen MR) is 38.4 cm³/mol. The van der Waals surface area contributed by atoms with Gasteiger partial charge in [-0.05, 0) is 26.7 Å². The van der Waals surface area contributed by atoms with E-state index in [9.17, 15) is 0 Å². The topological polar surface area (TPSA) is 12.5 Å². The number of hydrogen-bond donors (Lipinski definition) is 0. The Morgan fingerprint density at radius 3 is 2.67 bits per heavy atom. The van der Waals surface area contributed by atoms with Gasteiger partial charge in [0.1, 0.15) is 0 Å². The van der Waals surface area contributed by atoms with E-state index in [0.717, 1.165) is 0 Å². The van der Waals surface area contributed by atoms with Crippen LogP contribution in [0.5, 0.6) is 0 Å². The smallest absolute Gasteiger partial charge is 0.0842 e. The summed E-state index contributed by atoms with van der Waals surface area (Å²) >= 11 is 0. The molecule has 52 valence electrons. The van der Waals surface area contributed by atoms with Gasteiger partial charge in [-0.25, -0.2) is 0 Å². The molecular formula is C8H14O. The highest BCUT2D eigenvalue weighted by atomic mass is 16.6. The van der Waals surface area contributed by atoms with Gasteiger partial charge in [-0.2, -0.15) is 0 Å². The van der Waals surface area contributed by atoms with Crippen molar-refractivity contribution in [3.8, 4) is 0 Å². The Morgan fingerprint density at radius 1 is 1.56 bits per heavy atom. The molecule has 1 fully saturated rings. The summed E-state index contributed by atoms with van der Waals surface area (Å²) in [5, 5.41) is 0. The van der Waals surface area contributed by atoms with E-state index < -0.39 is 0 Å². The molecular weight excluding hydrogens is 112 g/mol. The van der Waals surface area contributed by atoms with Gasteiger partial charge in [0.25, 0.3) is 0 Å². The highest BCUT2D eigenvalue weighted by Crippen LogP contribution is 2.25. The van der Waals surface area contributed by atoms with Gasteiger partial charge in [0.2, 0.25) is 0 Å². The predicted octanol–water partition coefficient (Wildman–Crippen LogP) is 2.13. The molecule has 1 heteroatoms. The first-order chi connectivity index (χ1) is 4.34. The van der Waals surface area contributed by atoms with Crippen molar-refractivity contribution in [1.82, 2.24) is 0 Å². The van der Waals surface area contributed by atoms with E-state index in [-0.39, 0.29) is 0 Å². The minimum Gasteiger partial charge on any atom is -0.370 e. The van der Waals surface area contributed by atoms with Crippen LogP contribution in [0.25, 0.3) is 0 Å². The van der Waals surface area contributed by atoms with E-state index in [2.05, 4.69) is 26.0 Å². The van der Waals surface area contributed by atoms with Gasteiger partial charge in [0, 0.05) is 0 Å². The first-order valence-electron chi connectivity index (χ1n) is 3.61. The van der Waals surface area contributed by atoms with Gasteiger partial charge in [-0.3, -0.25) is 0 Å². The molecule has 2 atom stereocenters. The summed E-state index contributed by atoms with van der Waals surface area (Å²) in [7, 11) is 0. The van der Waals surface area contributed by atoms with Gasteiger partial charge < -0.3 is 4.74 Å². The molecule has 0 saturated carbocycles. The lowest BCUT2D eigenvalue weighted by atomic mass is 10.2. The third-order valence-electron chi connectivity index (χ3n) is 1.69. The van der Waals surface area contributed by atoms with Crippen molar-refractivity contribution in [2.75, 3.05) is 0 Å². The minimum atomic E-state index is 0.537. The van der Waals surface area contributed by atoms with E-state index in [0.29, 0.717) is 12.2 Å². The van der Waals surface area contributed by atoms with Crippen molar-refractivity contribution in [3.05, 3.63) is 12.2 Å². The summed E-state index contributed by atoms with van der Waals surface area (Å²) in [5.74, 6) is 0. The van der Waals surface area contributed by atoms with Crippen LogP contribution in [0.4, 0.5) is 0 Å².